The lowest BCUT2D eigenvalue weighted by Crippen LogP contribution is -2.33. The van der Waals surface area contributed by atoms with E-state index in [1.807, 2.05) is 16.7 Å². The minimum Gasteiger partial charge on any atom is -0.497 e. The number of benzene rings is 1. The summed E-state index contributed by atoms with van der Waals surface area (Å²) in [5, 5.41) is 1.68. The monoisotopic (exact) mass is 470 g/mol. The fourth-order valence-corrected chi connectivity index (χ4v) is 6.99. The zero-order valence-corrected chi connectivity index (χ0v) is 20.6. The average Bonchev–Trinajstić information content (AvgIpc) is 3.15. The van der Waals surface area contributed by atoms with Gasteiger partial charge in [-0.15, -0.1) is 11.3 Å². The number of thioether (sulfide) groups is 1. The summed E-state index contributed by atoms with van der Waals surface area (Å²) >= 11 is 3.30. The Morgan fingerprint density at radius 1 is 1.22 bits per heavy atom. The van der Waals surface area contributed by atoms with Crippen LogP contribution < -0.4 is 10.3 Å². The molecule has 0 bridgehead atoms. The molecule has 1 fully saturated rings. The maximum atomic E-state index is 13.9. The van der Waals surface area contributed by atoms with Gasteiger partial charge in [-0.25, -0.2) is 4.98 Å². The van der Waals surface area contributed by atoms with Crippen molar-refractivity contribution >= 4 is 33.3 Å². The smallest absolute Gasteiger partial charge is 0.263 e. The normalized spacial score (nSPS) is 18.6. The second kappa shape index (κ2) is 8.84. The van der Waals surface area contributed by atoms with Gasteiger partial charge in [-0.2, -0.15) is 0 Å². The largest absolute Gasteiger partial charge is 0.497 e. The van der Waals surface area contributed by atoms with E-state index in [4.69, 9.17) is 14.5 Å². The SMILES string of the molecule is COc1ccc(CSc2nc3sc4c(c3c(=O)n2C2CCCCC2)CC(C)(C)OC4)cc1. The number of hydrogen-bond acceptors (Lipinski definition) is 6. The first-order chi connectivity index (χ1) is 15.4. The van der Waals surface area contributed by atoms with Gasteiger partial charge in [-0.1, -0.05) is 43.2 Å². The molecule has 32 heavy (non-hydrogen) atoms. The topological polar surface area (TPSA) is 53.3 Å². The number of thiophene rings is 1. The molecule has 2 aliphatic rings. The minimum atomic E-state index is -0.245. The molecular weight excluding hydrogens is 440 g/mol. The molecule has 0 unspecified atom stereocenters. The maximum Gasteiger partial charge on any atom is 0.263 e. The Balaban J connectivity index is 1.56. The highest BCUT2D eigenvalue weighted by molar-refractivity contribution is 7.98. The van der Waals surface area contributed by atoms with E-state index >= 15 is 0 Å². The van der Waals surface area contributed by atoms with Gasteiger partial charge in [0.1, 0.15) is 10.6 Å². The Hall–Kier alpha value is -1.83. The van der Waals surface area contributed by atoms with Gasteiger partial charge in [0.05, 0.1) is 24.7 Å². The van der Waals surface area contributed by atoms with Crippen molar-refractivity contribution in [1.29, 1.82) is 0 Å². The summed E-state index contributed by atoms with van der Waals surface area (Å²) in [5.41, 5.74) is 2.26. The van der Waals surface area contributed by atoms with Crippen LogP contribution in [0.5, 0.6) is 5.75 Å². The summed E-state index contributed by atoms with van der Waals surface area (Å²) in [5.74, 6) is 1.63. The number of fused-ring (bicyclic) bond motifs is 3. The van der Waals surface area contributed by atoms with Gasteiger partial charge in [0, 0.05) is 23.1 Å². The predicted octanol–water partition coefficient (Wildman–Crippen LogP) is 6.12. The van der Waals surface area contributed by atoms with Crippen LogP contribution in [0.3, 0.4) is 0 Å². The number of methoxy groups -OCH3 is 1. The van der Waals surface area contributed by atoms with Gasteiger partial charge in [-0.05, 0) is 49.9 Å². The third kappa shape index (κ3) is 4.22. The van der Waals surface area contributed by atoms with Crippen molar-refractivity contribution < 1.29 is 9.47 Å². The van der Waals surface area contributed by atoms with Gasteiger partial charge in [0.25, 0.3) is 5.56 Å². The van der Waals surface area contributed by atoms with E-state index in [0.717, 1.165) is 56.6 Å². The summed E-state index contributed by atoms with van der Waals surface area (Å²) in [4.78, 5) is 21.1. The third-order valence-corrected chi connectivity index (χ3v) is 8.69. The van der Waals surface area contributed by atoms with E-state index in [1.165, 1.54) is 24.8 Å². The zero-order chi connectivity index (χ0) is 22.3. The Bertz CT molecular complexity index is 1170. The first-order valence-corrected chi connectivity index (χ1v) is 13.2. The molecule has 3 heterocycles. The quantitative estimate of drug-likeness (QED) is 0.332. The molecule has 0 N–H and O–H groups in total. The number of aromatic nitrogens is 2. The molecule has 170 valence electrons. The molecule has 1 saturated carbocycles. The molecule has 0 atom stereocenters. The average molecular weight is 471 g/mol. The first-order valence-electron chi connectivity index (χ1n) is 11.4. The van der Waals surface area contributed by atoms with Crippen LogP contribution in [0, 0.1) is 0 Å². The van der Waals surface area contributed by atoms with Crippen LogP contribution >= 0.6 is 23.1 Å². The highest BCUT2D eigenvalue weighted by Crippen LogP contribution is 2.39. The molecule has 7 heteroatoms. The maximum absolute atomic E-state index is 13.9. The van der Waals surface area contributed by atoms with Gasteiger partial charge in [-0.3, -0.25) is 9.36 Å². The standard InChI is InChI=1S/C25H30N2O3S2/c1-25(2)13-19-20(14-30-25)32-22-21(19)23(28)27(17-7-5-4-6-8-17)24(26-22)31-15-16-9-11-18(29-3)12-10-16/h9-12,17H,4-8,13-15H2,1-3H3. The summed E-state index contributed by atoms with van der Waals surface area (Å²) in [6.45, 7) is 4.78. The summed E-state index contributed by atoms with van der Waals surface area (Å²) in [6, 6.07) is 8.37. The predicted molar refractivity (Wildman–Crippen MR) is 131 cm³/mol. The van der Waals surface area contributed by atoms with E-state index in [0.29, 0.717) is 6.61 Å². The van der Waals surface area contributed by atoms with Crippen LogP contribution in [0.25, 0.3) is 10.2 Å². The molecule has 0 amide bonds. The van der Waals surface area contributed by atoms with Gasteiger partial charge in [0.2, 0.25) is 0 Å². The van der Waals surface area contributed by atoms with E-state index in [2.05, 4.69) is 26.0 Å². The molecule has 1 aliphatic carbocycles. The lowest BCUT2D eigenvalue weighted by Gasteiger charge is -2.30. The van der Waals surface area contributed by atoms with Gasteiger partial charge >= 0.3 is 0 Å². The van der Waals surface area contributed by atoms with Crippen molar-refractivity contribution in [3.63, 3.8) is 0 Å². The molecule has 0 spiro atoms. The highest BCUT2D eigenvalue weighted by Gasteiger charge is 2.32. The highest BCUT2D eigenvalue weighted by atomic mass is 32.2. The number of hydrogen-bond donors (Lipinski definition) is 0. The van der Waals surface area contributed by atoms with Crippen LogP contribution in [0.15, 0.2) is 34.2 Å². The fourth-order valence-electron chi connectivity index (χ4n) is 4.82. The minimum absolute atomic E-state index is 0.148. The molecule has 5 rings (SSSR count). The number of ether oxygens (including phenoxy) is 2. The van der Waals surface area contributed by atoms with Crippen LogP contribution in [0.2, 0.25) is 0 Å². The second-order valence-corrected chi connectivity index (χ2v) is 11.4. The molecule has 5 nitrogen and oxygen atoms in total. The molecule has 0 radical (unpaired) electrons. The summed E-state index contributed by atoms with van der Waals surface area (Å²) in [6.07, 6.45) is 6.51. The summed E-state index contributed by atoms with van der Waals surface area (Å²) < 4.78 is 13.3. The van der Waals surface area contributed by atoms with Crippen LogP contribution in [-0.2, 0) is 23.5 Å². The lowest BCUT2D eigenvalue weighted by molar-refractivity contribution is -0.0379. The van der Waals surface area contributed by atoms with E-state index in [1.54, 1.807) is 30.2 Å². The Morgan fingerprint density at radius 3 is 2.69 bits per heavy atom. The van der Waals surface area contributed by atoms with Crippen LogP contribution in [0.1, 0.15) is 68.0 Å². The van der Waals surface area contributed by atoms with Crippen molar-refractivity contribution in [2.75, 3.05) is 7.11 Å². The third-order valence-electron chi connectivity index (χ3n) is 6.57. The van der Waals surface area contributed by atoms with Gasteiger partial charge in [0.15, 0.2) is 5.16 Å². The van der Waals surface area contributed by atoms with Crippen molar-refractivity contribution in [2.24, 2.45) is 0 Å². The van der Waals surface area contributed by atoms with E-state index in [9.17, 15) is 4.79 Å². The van der Waals surface area contributed by atoms with Crippen molar-refractivity contribution in [3.05, 3.63) is 50.6 Å². The fraction of sp³-hybridized carbons (Fsp3) is 0.520. The molecule has 1 aliphatic heterocycles. The van der Waals surface area contributed by atoms with Crippen molar-refractivity contribution in [2.45, 2.75) is 81.5 Å². The molecule has 0 saturated heterocycles. The van der Waals surface area contributed by atoms with Gasteiger partial charge < -0.3 is 9.47 Å². The van der Waals surface area contributed by atoms with E-state index in [-0.39, 0.29) is 17.2 Å². The van der Waals surface area contributed by atoms with Crippen molar-refractivity contribution in [3.8, 4) is 5.75 Å². The molecule has 1 aromatic carbocycles. The van der Waals surface area contributed by atoms with Crippen molar-refractivity contribution in [1.82, 2.24) is 9.55 Å². The summed E-state index contributed by atoms with van der Waals surface area (Å²) in [7, 11) is 1.68. The zero-order valence-electron chi connectivity index (χ0n) is 19.0. The van der Waals surface area contributed by atoms with E-state index < -0.39 is 0 Å². The lowest BCUT2D eigenvalue weighted by atomic mass is 9.93. The Morgan fingerprint density at radius 2 is 1.97 bits per heavy atom. The Labute approximate surface area is 197 Å². The second-order valence-electron chi connectivity index (χ2n) is 9.41. The Kier molecular flexibility index (Phi) is 6.07. The number of nitrogens with zero attached hydrogens (tertiary/aromatic N) is 2. The number of rotatable bonds is 5. The molecule has 2 aromatic heterocycles. The molecule has 3 aromatic rings. The molecular formula is C25H30N2O3S2. The van der Waals surface area contributed by atoms with Crippen LogP contribution in [0.4, 0.5) is 0 Å². The first kappa shape index (κ1) is 22.0. The van der Waals surface area contributed by atoms with Crippen LogP contribution in [-0.4, -0.2) is 22.3 Å².